The van der Waals surface area contributed by atoms with Crippen LogP contribution in [0.25, 0.3) is 0 Å². The van der Waals surface area contributed by atoms with Crippen LogP contribution in [0.4, 0.5) is 0 Å². The maximum absolute atomic E-state index is 11.1. The van der Waals surface area contributed by atoms with Gasteiger partial charge in [0, 0.05) is 5.57 Å². The summed E-state index contributed by atoms with van der Waals surface area (Å²) in [5.41, 5.74) is -0.723. The molecule has 0 spiro atoms. The van der Waals surface area contributed by atoms with Crippen molar-refractivity contribution in [2.24, 2.45) is 0 Å². The summed E-state index contributed by atoms with van der Waals surface area (Å²) < 4.78 is 0. The van der Waals surface area contributed by atoms with Gasteiger partial charge in [0.15, 0.2) is 11.6 Å². The number of allylic oxidation sites excluding steroid dienone is 5. The maximum Gasteiger partial charge on any atom is 0.178 e. The van der Waals surface area contributed by atoms with Crippen molar-refractivity contribution in [3.63, 3.8) is 0 Å². The Hall–Kier alpha value is -1.59. The fraction of sp³-hybridized carbons (Fsp3) is 0.462. The van der Waals surface area contributed by atoms with Crippen molar-refractivity contribution in [2.75, 3.05) is 0 Å². The summed E-state index contributed by atoms with van der Waals surface area (Å²) in [6.45, 7) is 7.35. The fourth-order valence-electron chi connectivity index (χ4n) is 1.99. The van der Waals surface area contributed by atoms with Crippen LogP contribution in [0.3, 0.4) is 0 Å². The van der Waals surface area contributed by atoms with Gasteiger partial charge in [0.2, 0.25) is 0 Å². The van der Waals surface area contributed by atoms with Gasteiger partial charge in [0.1, 0.15) is 0 Å². The third kappa shape index (κ3) is 1.51. The van der Waals surface area contributed by atoms with Crippen LogP contribution in [0.5, 0.6) is 0 Å². The lowest BCUT2D eigenvalue weighted by molar-refractivity contribution is -0.125. The van der Waals surface area contributed by atoms with Gasteiger partial charge in [-0.15, -0.1) is 0 Å². The van der Waals surface area contributed by atoms with Crippen molar-refractivity contribution < 1.29 is 15.2 Å². The third-order valence-electron chi connectivity index (χ3n) is 4.07. The molecule has 0 aromatic heterocycles. The van der Waals surface area contributed by atoms with Crippen LogP contribution in [0, 0.1) is 0 Å². The van der Waals surface area contributed by atoms with Gasteiger partial charge in [-0.1, -0.05) is 0 Å². The second kappa shape index (κ2) is 3.70. The van der Waals surface area contributed by atoms with E-state index >= 15 is 0 Å². The monoisotopic (exact) mass is 250 g/mol. The molecule has 0 saturated carbocycles. The van der Waals surface area contributed by atoms with Gasteiger partial charge in [0.25, 0.3) is 0 Å². The van der Waals surface area contributed by atoms with Crippen LogP contribution in [0.2, 0.25) is 0 Å². The number of ketones is 1. The van der Waals surface area contributed by atoms with Crippen LogP contribution in [-0.4, -0.2) is 37.4 Å². The summed E-state index contributed by atoms with van der Waals surface area (Å²) in [6, 6.07) is 0. The summed E-state index contributed by atoms with van der Waals surface area (Å²) >= 11 is 0. The zero-order valence-electron chi connectivity index (χ0n) is 11.0. The van der Waals surface area contributed by atoms with E-state index in [2.05, 4.69) is 0 Å². The molecule has 0 aromatic carbocycles. The van der Waals surface area contributed by atoms with Crippen LogP contribution in [0.1, 0.15) is 27.7 Å². The molecule has 5 nitrogen and oxygen atoms in total. The Balaban J connectivity index is 2.54. The first kappa shape index (κ1) is 12.9. The molecule has 2 N–H and O–H groups in total. The minimum absolute atomic E-state index is 0.107. The van der Waals surface area contributed by atoms with Crippen LogP contribution in [-0.2, 0) is 4.79 Å². The van der Waals surface area contributed by atoms with E-state index in [1.54, 1.807) is 12.2 Å². The Morgan fingerprint density at radius 2 is 1.28 bits per heavy atom. The summed E-state index contributed by atoms with van der Waals surface area (Å²) in [5.74, 6) is 0.176. The Morgan fingerprint density at radius 1 is 0.889 bits per heavy atom. The van der Waals surface area contributed by atoms with Gasteiger partial charge >= 0.3 is 0 Å². The van der Waals surface area contributed by atoms with Crippen molar-refractivity contribution in [3.05, 3.63) is 35.7 Å². The lowest BCUT2D eigenvalue weighted by Gasteiger charge is -2.37. The molecule has 18 heavy (non-hydrogen) atoms. The van der Waals surface area contributed by atoms with E-state index in [0.717, 1.165) is 10.1 Å². The van der Waals surface area contributed by atoms with Crippen molar-refractivity contribution >= 4 is 5.78 Å². The van der Waals surface area contributed by atoms with E-state index in [9.17, 15) is 15.2 Å². The molecule has 2 rings (SSSR count). The summed E-state index contributed by atoms with van der Waals surface area (Å²) in [6.07, 6.45) is 5.98. The highest BCUT2D eigenvalue weighted by Gasteiger charge is 2.55. The molecule has 0 amide bonds. The lowest BCUT2D eigenvalue weighted by atomic mass is 9.84. The predicted molar refractivity (Wildman–Crippen MR) is 65.7 cm³/mol. The Morgan fingerprint density at radius 3 is 1.67 bits per heavy atom. The predicted octanol–water partition coefficient (Wildman–Crippen LogP) is 1.85. The molecule has 0 radical (unpaired) electrons. The van der Waals surface area contributed by atoms with Gasteiger partial charge in [-0.25, -0.2) is 10.1 Å². The molecule has 98 valence electrons. The standard InChI is InChI=1S/C13H18N2O3/c1-12(2)13(3,4)15(18)11(14(12)17)9-5-7-10(16)8-6-9/h5-8,17-18H,1-4H3. The number of nitrogens with zero attached hydrogens (tertiary/aromatic N) is 2. The lowest BCUT2D eigenvalue weighted by Crippen LogP contribution is -2.52. The van der Waals surface area contributed by atoms with Gasteiger partial charge in [-0.05, 0) is 52.0 Å². The molecule has 1 fully saturated rings. The summed E-state index contributed by atoms with van der Waals surface area (Å²) in [5, 5.41) is 22.6. The topological polar surface area (TPSA) is 64.0 Å². The molecule has 1 heterocycles. The Bertz CT molecular complexity index is 446. The number of carbonyl (C=O) groups is 1. The van der Waals surface area contributed by atoms with Crippen molar-refractivity contribution in [2.45, 2.75) is 38.8 Å². The number of hydroxylamine groups is 4. The third-order valence-corrected chi connectivity index (χ3v) is 4.07. The Labute approximate surface area is 106 Å². The molecule has 5 heteroatoms. The molecule has 1 saturated heterocycles. The quantitative estimate of drug-likeness (QED) is 0.687. The molecule has 0 atom stereocenters. The first-order valence-corrected chi connectivity index (χ1v) is 5.82. The van der Waals surface area contributed by atoms with Gasteiger partial charge in [-0.3, -0.25) is 15.2 Å². The van der Waals surface area contributed by atoms with E-state index in [0.29, 0.717) is 5.57 Å². The minimum atomic E-state index is -0.660. The molecular weight excluding hydrogens is 232 g/mol. The van der Waals surface area contributed by atoms with E-state index in [1.165, 1.54) is 12.2 Å². The van der Waals surface area contributed by atoms with Crippen LogP contribution in [0.15, 0.2) is 35.7 Å². The highest BCUT2D eigenvalue weighted by atomic mass is 16.6. The van der Waals surface area contributed by atoms with Crippen LogP contribution < -0.4 is 0 Å². The average molecular weight is 250 g/mol. The number of rotatable bonds is 0. The molecule has 2 aliphatic rings. The van der Waals surface area contributed by atoms with Crippen LogP contribution >= 0.6 is 0 Å². The number of carbonyl (C=O) groups excluding carboxylic acids is 1. The SMILES string of the molecule is CC1(C)N(O)C(=C2C=CC(=O)C=C2)N(O)C1(C)C. The maximum atomic E-state index is 11.1. The minimum Gasteiger partial charge on any atom is -0.290 e. The molecule has 0 aromatic rings. The van der Waals surface area contributed by atoms with Gasteiger partial charge in [-0.2, -0.15) is 0 Å². The first-order valence-electron chi connectivity index (χ1n) is 5.82. The summed E-state index contributed by atoms with van der Waals surface area (Å²) in [7, 11) is 0. The van der Waals surface area contributed by atoms with Gasteiger partial charge in [0.05, 0.1) is 11.1 Å². The highest BCUT2D eigenvalue weighted by molar-refractivity contribution is 6.01. The van der Waals surface area contributed by atoms with Crippen molar-refractivity contribution in [1.29, 1.82) is 0 Å². The van der Waals surface area contributed by atoms with E-state index in [-0.39, 0.29) is 11.6 Å². The van der Waals surface area contributed by atoms with E-state index in [1.807, 2.05) is 27.7 Å². The zero-order chi connectivity index (χ0) is 13.7. The van der Waals surface area contributed by atoms with Gasteiger partial charge < -0.3 is 0 Å². The largest absolute Gasteiger partial charge is 0.290 e. The van der Waals surface area contributed by atoms with Crippen molar-refractivity contribution in [3.8, 4) is 0 Å². The zero-order valence-corrected chi connectivity index (χ0v) is 11.0. The normalized spacial score (nSPS) is 25.3. The average Bonchev–Trinajstić information content (AvgIpc) is 2.41. The smallest absolute Gasteiger partial charge is 0.178 e. The highest BCUT2D eigenvalue weighted by Crippen LogP contribution is 2.44. The first-order chi connectivity index (χ1) is 8.19. The molecular formula is C13H18N2O3. The fourth-order valence-corrected chi connectivity index (χ4v) is 1.99. The van der Waals surface area contributed by atoms with Crippen molar-refractivity contribution in [1.82, 2.24) is 10.1 Å². The summed E-state index contributed by atoms with van der Waals surface area (Å²) in [4.78, 5) is 11.1. The number of hydrogen-bond donors (Lipinski definition) is 2. The Kier molecular flexibility index (Phi) is 2.64. The molecule has 1 aliphatic carbocycles. The molecule has 0 bridgehead atoms. The number of hydrogen-bond acceptors (Lipinski definition) is 5. The molecule has 0 unspecified atom stereocenters. The second-order valence-corrected chi connectivity index (χ2v) is 5.59. The second-order valence-electron chi connectivity index (χ2n) is 5.59. The van der Waals surface area contributed by atoms with E-state index < -0.39 is 11.1 Å². The van der Waals surface area contributed by atoms with E-state index in [4.69, 9.17) is 0 Å². The molecule has 1 aliphatic heterocycles.